The van der Waals surface area contributed by atoms with E-state index in [-0.39, 0.29) is 18.3 Å². The molecule has 1 amide bonds. The van der Waals surface area contributed by atoms with Crippen molar-refractivity contribution in [3.8, 4) is 0 Å². The van der Waals surface area contributed by atoms with Gasteiger partial charge in [-0.05, 0) is 62.9 Å². The van der Waals surface area contributed by atoms with Crippen molar-refractivity contribution in [3.63, 3.8) is 0 Å². The third-order valence-electron chi connectivity index (χ3n) is 4.97. The number of hydrogen-bond donors (Lipinski definition) is 2. The lowest BCUT2D eigenvalue weighted by Crippen LogP contribution is -2.40. The summed E-state index contributed by atoms with van der Waals surface area (Å²) in [4.78, 5) is 14.5. The van der Waals surface area contributed by atoms with Crippen molar-refractivity contribution >= 4 is 24.0 Å². The Bertz CT molecular complexity index is 514. The van der Waals surface area contributed by atoms with Gasteiger partial charge in [-0.1, -0.05) is 18.2 Å². The minimum absolute atomic E-state index is 0. The highest BCUT2D eigenvalue weighted by Gasteiger charge is 2.39. The van der Waals surface area contributed by atoms with Crippen molar-refractivity contribution in [3.05, 3.63) is 29.8 Å². The van der Waals surface area contributed by atoms with E-state index in [1.165, 1.54) is 19.3 Å². The van der Waals surface area contributed by atoms with E-state index in [0.29, 0.717) is 12.0 Å². The molecule has 122 valence electrons. The standard InChI is InChI=1S/C17H25N3O.ClH/c1-14-4-2-3-5-15(14)19-16(21)12-20-11-8-17(13-20)6-9-18-10-7-17;/h2-5,18H,6-13H2,1H3,(H,19,21);1H. The Hall–Kier alpha value is -1.10. The topological polar surface area (TPSA) is 44.4 Å². The SMILES string of the molecule is Cc1ccccc1NC(=O)CN1CCC2(CCNCC2)C1.Cl. The normalized spacial score (nSPS) is 20.6. The molecule has 5 heteroatoms. The van der Waals surface area contributed by atoms with E-state index in [4.69, 9.17) is 0 Å². The van der Waals surface area contributed by atoms with Crippen LogP contribution in [-0.4, -0.2) is 43.5 Å². The van der Waals surface area contributed by atoms with E-state index >= 15 is 0 Å². The molecule has 2 N–H and O–H groups in total. The highest BCUT2D eigenvalue weighted by molar-refractivity contribution is 5.92. The van der Waals surface area contributed by atoms with Crippen molar-refractivity contribution in [2.45, 2.75) is 26.2 Å². The van der Waals surface area contributed by atoms with Crippen molar-refractivity contribution in [1.29, 1.82) is 0 Å². The summed E-state index contributed by atoms with van der Waals surface area (Å²) in [5.41, 5.74) is 2.51. The van der Waals surface area contributed by atoms with E-state index < -0.39 is 0 Å². The Morgan fingerprint density at radius 3 is 2.73 bits per heavy atom. The lowest BCUT2D eigenvalue weighted by Gasteiger charge is -2.33. The molecule has 1 aromatic carbocycles. The monoisotopic (exact) mass is 323 g/mol. The first-order valence-electron chi connectivity index (χ1n) is 7.96. The summed E-state index contributed by atoms with van der Waals surface area (Å²) >= 11 is 0. The van der Waals surface area contributed by atoms with Gasteiger partial charge in [-0.3, -0.25) is 9.69 Å². The number of piperidine rings is 1. The van der Waals surface area contributed by atoms with Gasteiger partial charge in [0.15, 0.2) is 0 Å². The number of halogens is 1. The van der Waals surface area contributed by atoms with Crippen LogP contribution in [0, 0.1) is 12.3 Å². The number of hydrogen-bond acceptors (Lipinski definition) is 3. The van der Waals surface area contributed by atoms with Crippen LogP contribution in [0.3, 0.4) is 0 Å². The molecule has 2 fully saturated rings. The van der Waals surface area contributed by atoms with Crippen LogP contribution in [-0.2, 0) is 4.79 Å². The van der Waals surface area contributed by atoms with E-state index in [2.05, 4.69) is 15.5 Å². The van der Waals surface area contributed by atoms with Gasteiger partial charge in [0.05, 0.1) is 6.54 Å². The van der Waals surface area contributed by atoms with Gasteiger partial charge in [-0.25, -0.2) is 0 Å². The van der Waals surface area contributed by atoms with Crippen LogP contribution in [0.15, 0.2) is 24.3 Å². The summed E-state index contributed by atoms with van der Waals surface area (Å²) in [6, 6.07) is 7.94. The van der Waals surface area contributed by atoms with Gasteiger partial charge in [-0.2, -0.15) is 0 Å². The maximum atomic E-state index is 12.2. The third kappa shape index (κ3) is 4.00. The third-order valence-corrected chi connectivity index (χ3v) is 4.97. The Kier molecular flexibility index (Phi) is 5.84. The summed E-state index contributed by atoms with van der Waals surface area (Å²) in [6.07, 6.45) is 3.75. The second-order valence-corrected chi connectivity index (χ2v) is 6.57. The minimum atomic E-state index is 0. The van der Waals surface area contributed by atoms with Gasteiger partial charge in [-0.15, -0.1) is 12.4 Å². The summed E-state index contributed by atoms with van der Waals surface area (Å²) in [5.74, 6) is 0.107. The van der Waals surface area contributed by atoms with Crippen molar-refractivity contribution in [1.82, 2.24) is 10.2 Å². The highest BCUT2D eigenvalue weighted by Crippen LogP contribution is 2.38. The zero-order valence-electron chi connectivity index (χ0n) is 13.2. The highest BCUT2D eigenvalue weighted by atomic mass is 35.5. The quantitative estimate of drug-likeness (QED) is 0.898. The fraction of sp³-hybridized carbons (Fsp3) is 0.588. The predicted molar refractivity (Wildman–Crippen MR) is 92.7 cm³/mol. The number of nitrogens with zero attached hydrogens (tertiary/aromatic N) is 1. The van der Waals surface area contributed by atoms with Crippen molar-refractivity contribution in [2.75, 3.05) is 38.0 Å². The number of anilines is 1. The van der Waals surface area contributed by atoms with Gasteiger partial charge in [0.2, 0.25) is 5.91 Å². The molecule has 1 spiro atoms. The fourth-order valence-corrected chi connectivity index (χ4v) is 3.63. The first kappa shape index (κ1) is 17.3. The average Bonchev–Trinajstić information content (AvgIpc) is 2.84. The molecular weight excluding hydrogens is 298 g/mol. The number of rotatable bonds is 3. The molecule has 22 heavy (non-hydrogen) atoms. The lowest BCUT2D eigenvalue weighted by atomic mass is 9.78. The van der Waals surface area contributed by atoms with Crippen molar-refractivity contribution < 1.29 is 4.79 Å². The smallest absolute Gasteiger partial charge is 0.238 e. The first-order valence-corrected chi connectivity index (χ1v) is 7.96. The molecule has 1 aromatic rings. The zero-order chi connectivity index (χ0) is 14.7. The van der Waals surface area contributed by atoms with Crippen LogP contribution < -0.4 is 10.6 Å². The molecule has 0 saturated carbocycles. The van der Waals surface area contributed by atoms with Gasteiger partial charge < -0.3 is 10.6 Å². The van der Waals surface area contributed by atoms with Gasteiger partial charge in [0.1, 0.15) is 0 Å². The molecule has 0 aromatic heterocycles. The average molecular weight is 324 g/mol. The minimum Gasteiger partial charge on any atom is -0.325 e. The molecule has 2 saturated heterocycles. The molecule has 0 atom stereocenters. The van der Waals surface area contributed by atoms with E-state index in [0.717, 1.165) is 37.4 Å². The lowest BCUT2D eigenvalue weighted by molar-refractivity contribution is -0.117. The number of carbonyl (C=O) groups excluding carboxylic acids is 1. The molecule has 0 bridgehead atoms. The number of benzene rings is 1. The summed E-state index contributed by atoms with van der Waals surface area (Å²) in [6.45, 7) is 6.93. The van der Waals surface area contributed by atoms with Crippen LogP contribution in [0.2, 0.25) is 0 Å². The molecule has 2 aliphatic heterocycles. The van der Waals surface area contributed by atoms with E-state index in [9.17, 15) is 4.79 Å². The van der Waals surface area contributed by atoms with Crippen LogP contribution >= 0.6 is 12.4 Å². The maximum Gasteiger partial charge on any atom is 0.238 e. The number of para-hydroxylation sites is 1. The largest absolute Gasteiger partial charge is 0.325 e. The van der Waals surface area contributed by atoms with Crippen LogP contribution in [0.25, 0.3) is 0 Å². The molecular formula is C17H26ClN3O. The molecule has 0 radical (unpaired) electrons. The Morgan fingerprint density at radius 2 is 2.00 bits per heavy atom. The number of aryl methyl sites for hydroxylation is 1. The number of carbonyl (C=O) groups is 1. The maximum absolute atomic E-state index is 12.2. The fourth-order valence-electron chi connectivity index (χ4n) is 3.63. The van der Waals surface area contributed by atoms with Gasteiger partial charge >= 0.3 is 0 Å². The molecule has 0 aliphatic carbocycles. The predicted octanol–water partition coefficient (Wildman–Crippen LogP) is 2.43. The van der Waals surface area contributed by atoms with Gasteiger partial charge in [0, 0.05) is 12.2 Å². The summed E-state index contributed by atoms with van der Waals surface area (Å²) < 4.78 is 0. The molecule has 2 aliphatic rings. The van der Waals surface area contributed by atoms with Gasteiger partial charge in [0.25, 0.3) is 0 Å². The summed E-state index contributed by atoms with van der Waals surface area (Å²) in [5, 5.41) is 6.47. The van der Waals surface area contributed by atoms with Crippen LogP contribution in [0.5, 0.6) is 0 Å². The molecule has 4 nitrogen and oxygen atoms in total. The first-order chi connectivity index (χ1) is 10.2. The number of nitrogens with one attached hydrogen (secondary N) is 2. The molecule has 2 heterocycles. The van der Waals surface area contributed by atoms with Crippen LogP contribution in [0.1, 0.15) is 24.8 Å². The van der Waals surface area contributed by atoms with Crippen LogP contribution in [0.4, 0.5) is 5.69 Å². The molecule has 3 rings (SSSR count). The van der Waals surface area contributed by atoms with Crippen molar-refractivity contribution in [2.24, 2.45) is 5.41 Å². The van der Waals surface area contributed by atoms with E-state index in [1.807, 2.05) is 31.2 Å². The number of amides is 1. The second-order valence-electron chi connectivity index (χ2n) is 6.57. The summed E-state index contributed by atoms with van der Waals surface area (Å²) in [7, 11) is 0. The zero-order valence-corrected chi connectivity index (χ0v) is 14.0. The van der Waals surface area contributed by atoms with E-state index in [1.54, 1.807) is 0 Å². The Balaban J connectivity index is 0.00000176. The second kappa shape index (κ2) is 7.44. The number of likely N-dealkylation sites (tertiary alicyclic amines) is 1. The Labute approximate surface area is 139 Å². The Morgan fingerprint density at radius 1 is 1.27 bits per heavy atom. The molecule has 0 unspecified atom stereocenters.